The smallest absolute Gasteiger partial charge is 0.344 e. The first-order valence-electron chi connectivity index (χ1n) is 8.54. The monoisotopic (exact) mass is 382 g/mol. The molecule has 8 nitrogen and oxygen atoms in total. The Morgan fingerprint density at radius 3 is 2.68 bits per heavy atom. The van der Waals surface area contributed by atoms with Gasteiger partial charge in [0.15, 0.2) is 24.2 Å². The van der Waals surface area contributed by atoms with Crippen LogP contribution in [0.3, 0.4) is 0 Å². The van der Waals surface area contributed by atoms with Crippen LogP contribution >= 0.6 is 0 Å². The molecule has 8 heteroatoms. The fourth-order valence-corrected chi connectivity index (χ4v) is 2.44. The minimum absolute atomic E-state index is 0.183. The molecule has 0 saturated carbocycles. The van der Waals surface area contributed by atoms with Crippen LogP contribution in [0.2, 0.25) is 0 Å². The maximum absolute atomic E-state index is 12.1. The Hall–Kier alpha value is -3.73. The number of nitriles is 1. The van der Waals surface area contributed by atoms with E-state index in [0.717, 1.165) is 5.56 Å². The summed E-state index contributed by atoms with van der Waals surface area (Å²) in [5, 5.41) is 11.4. The van der Waals surface area contributed by atoms with Crippen LogP contribution in [-0.2, 0) is 20.9 Å². The van der Waals surface area contributed by atoms with Crippen molar-refractivity contribution in [3.8, 4) is 23.3 Å². The Labute approximate surface area is 161 Å². The van der Waals surface area contributed by atoms with E-state index in [1.807, 2.05) is 12.1 Å². The summed E-state index contributed by atoms with van der Waals surface area (Å²) in [5.41, 5.74) is 1.32. The van der Waals surface area contributed by atoms with Crippen LogP contribution < -0.4 is 19.5 Å². The van der Waals surface area contributed by atoms with E-state index in [4.69, 9.17) is 24.2 Å². The second-order valence-electron chi connectivity index (χ2n) is 5.96. The number of esters is 1. The number of carbonyl (C=O) groups excluding carboxylic acids is 2. The van der Waals surface area contributed by atoms with Crippen molar-refractivity contribution >= 4 is 11.9 Å². The molecule has 0 bridgehead atoms. The Bertz CT molecular complexity index is 904. The predicted molar refractivity (Wildman–Crippen MR) is 96.6 cm³/mol. The Kier molecular flexibility index (Phi) is 5.97. The van der Waals surface area contributed by atoms with Gasteiger partial charge >= 0.3 is 5.97 Å². The Balaban J connectivity index is 1.41. The minimum atomic E-state index is -0.967. The van der Waals surface area contributed by atoms with Gasteiger partial charge in [-0.25, -0.2) is 4.79 Å². The quantitative estimate of drug-likeness (QED) is 0.729. The third kappa shape index (κ3) is 4.92. The number of nitrogens with zero attached hydrogens (tertiary/aromatic N) is 1. The molecule has 0 spiro atoms. The normalized spacial score (nSPS) is 12.6. The van der Waals surface area contributed by atoms with Crippen molar-refractivity contribution in [3.63, 3.8) is 0 Å². The van der Waals surface area contributed by atoms with Crippen LogP contribution in [0, 0.1) is 11.3 Å². The molecule has 2 aromatic carbocycles. The molecule has 28 heavy (non-hydrogen) atoms. The maximum atomic E-state index is 12.1. The number of rotatable bonds is 7. The van der Waals surface area contributed by atoms with Gasteiger partial charge in [-0.1, -0.05) is 6.07 Å². The average Bonchev–Trinajstić information content (AvgIpc) is 3.18. The fraction of sp³-hybridized carbons (Fsp3) is 0.250. The van der Waals surface area contributed by atoms with Gasteiger partial charge in [0.2, 0.25) is 6.79 Å². The second-order valence-corrected chi connectivity index (χ2v) is 5.96. The first-order valence-corrected chi connectivity index (χ1v) is 8.54. The first-order chi connectivity index (χ1) is 13.5. The third-order valence-electron chi connectivity index (χ3n) is 3.92. The summed E-state index contributed by atoms with van der Waals surface area (Å²) in [6.45, 7) is 1.59. The zero-order valence-corrected chi connectivity index (χ0v) is 15.1. The van der Waals surface area contributed by atoms with Crippen molar-refractivity contribution in [2.24, 2.45) is 0 Å². The molecule has 0 unspecified atom stereocenters. The molecule has 0 radical (unpaired) electrons. The number of nitrogens with one attached hydrogen (secondary N) is 1. The lowest BCUT2D eigenvalue weighted by molar-refractivity contribution is -0.156. The van der Waals surface area contributed by atoms with Gasteiger partial charge in [0.1, 0.15) is 5.75 Å². The molecule has 1 atom stereocenters. The lowest BCUT2D eigenvalue weighted by Crippen LogP contribution is -2.36. The van der Waals surface area contributed by atoms with Crippen molar-refractivity contribution in [2.75, 3.05) is 13.4 Å². The number of ether oxygens (including phenoxy) is 4. The molecule has 0 fully saturated rings. The van der Waals surface area contributed by atoms with E-state index in [9.17, 15) is 9.59 Å². The zero-order valence-electron chi connectivity index (χ0n) is 15.1. The molecule has 1 N–H and O–H groups in total. The SMILES string of the molecule is C[C@@H](OC(=O)COc1ccc(C#N)cc1)C(=O)NCc1ccc2c(c1)OCO2. The van der Waals surface area contributed by atoms with Gasteiger partial charge in [-0.15, -0.1) is 0 Å². The highest BCUT2D eigenvalue weighted by molar-refractivity contribution is 5.83. The molecular formula is C20H18N2O6. The summed E-state index contributed by atoms with van der Waals surface area (Å²) in [5.74, 6) is 0.626. The van der Waals surface area contributed by atoms with Crippen LogP contribution in [0.25, 0.3) is 0 Å². The van der Waals surface area contributed by atoms with Gasteiger partial charge in [-0.3, -0.25) is 4.79 Å². The zero-order chi connectivity index (χ0) is 19.9. The van der Waals surface area contributed by atoms with Crippen LogP contribution in [0.15, 0.2) is 42.5 Å². The van der Waals surface area contributed by atoms with Crippen molar-refractivity contribution in [1.29, 1.82) is 5.26 Å². The number of amides is 1. The van der Waals surface area contributed by atoms with Gasteiger partial charge in [0.25, 0.3) is 5.91 Å². The average molecular weight is 382 g/mol. The fourth-order valence-electron chi connectivity index (χ4n) is 2.44. The van der Waals surface area contributed by atoms with E-state index in [2.05, 4.69) is 5.32 Å². The van der Waals surface area contributed by atoms with Gasteiger partial charge in [0.05, 0.1) is 11.6 Å². The number of benzene rings is 2. The highest BCUT2D eigenvalue weighted by Crippen LogP contribution is 2.32. The van der Waals surface area contributed by atoms with Crippen molar-refractivity contribution < 1.29 is 28.5 Å². The Morgan fingerprint density at radius 1 is 1.18 bits per heavy atom. The molecular weight excluding hydrogens is 364 g/mol. The topological polar surface area (TPSA) is 107 Å². The molecule has 2 aromatic rings. The summed E-state index contributed by atoms with van der Waals surface area (Å²) in [4.78, 5) is 24.0. The van der Waals surface area contributed by atoms with Crippen molar-refractivity contribution in [3.05, 3.63) is 53.6 Å². The van der Waals surface area contributed by atoms with Crippen molar-refractivity contribution in [2.45, 2.75) is 19.6 Å². The lowest BCUT2D eigenvalue weighted by Gasteiger charge is -2.14. The largest absolute Gasteiger partial charge is 0.482 e. The highest BCUT2D eigenvalue weighted by Gasteiger charge is 2.19. The number of carbonyl (C=O) groups is 2. The van der Waals surface area contributed by atoms with E-state index >= 15 is 0 Å². The summed E-state index contributed by atoms with van der Waals surface area (Å²) < 4.78 is 20.9. The van der Waals surface area contributed by atoms with E-state index in [0.29, 0.717) is 22.8 Å². The Morgan fingerprint density at radius 2 is 1.93 bits per heavy atom. The number of hydrogen-bond donors (Lipinski definition) is 1. The highest BCUT2D eigenvalue weighted by atomic mass is 16.7. The van der Waals surface area contributed by atoms with Crippen LogP contribution in [0.1, 0.15) is 18.1 Å². The minimum Gasteiger partial charge on any atom is -0.482 e. The molecule has 0 aliphatic carbocycles. The molecule has 1 aliphatic rings. The summed E-state index contributed by atoms with van der Waals surface area (Å²) >= 11 is 0. The maximum Gasteiger partial charge on any atom is 0.344 e. The van der Waals surface area contributed by atoms with Crippen LogP contribution in [0.5, 0.6) is 17.2 Å². The second kappa shape index (κ2) is 8.77. The summed E-state index contributed by atoms with van der Waals surface area (Å²) in [7, 11) is 0. The van der Waals surface area contributed by atoms with Gasteiger partial charge in [-0.05, 0) is 48.9 Å². The summed E-state index contributed by atoms with van der Waals surface area (Å²) in [6.07, 6.45) is -0.967. The number of fused-ring (bicyclic) bond motifs is 1. The van der Waals surface area contributed by atoms with Gasteiger partial charge in [-0.2, -0.15) is 5.26 Å². The summed E-state index contributed by atoms with van der Waals surface area (Å²) in [6, 6.07) is 13.7. The van der Waals surface area contributed by atoms with Crippen LogP contribution in [0.4, 0.5) is 0 Å². The molecule has 1 aliphatic heterocycles. The van der Waals surface area contributed by atoms with E-state index in [-0.39, 0.29) is 19.9 Å². The van der Waals surface area contributed by atoms with E-state index in [1.165, 1.54) is 6.92 Å². The molecule has 1 amide bonds. The molecule has 3 rings (SSSR count). The van der Waals surface area contributed by atoms with E-state index < -0.39 is 18.0 Å². The predicted octanol–water partition coefficient (Wildman–Crippen LogP) is 1.91. The van der Waals surface area contributed by atoms with Gasteiger partial charge < -0.3 is 24.3 Å². The molecule has 0 saturated heterocycles. The molecule has 144 valence electrons. The van der Waals surface area contributed by atoms with Gasteiger partial charge in [0, 0.05) is 6.54 Å². The standard InChI is InChI=1S/C20H18N2O6/c1-13(28-19(23)11-25-16-5-2-14(9-21)3-6-16)20(24)22-10-15-4-7-17-18(8-15)27-12-26-17/h2-8,13H,10-12H2,1H3,(H,22,24)/t13-/m1/s1. The lowest BCUT2D eigenvalue weighted by atomic mass is 10.2. The van der Waals surface area contributed by atoms with E-state index in [1.54, 1.807) is 36.4 Å². The molecule has 0 aromatic heterocycles. The van der Waals surface area contributed by atoms with Crippen molar-refractivity contribution in [1.82, 2.24) is 5.32 Å². The van der Waals surface area contributed by atoms with Crippen LogP contribution in [-0.4, -0.2) is 31.4 Å². The first kappa shape index (κ1) is 19.0. The molecule has 1 heterocycles. The third-order valence-corrected chi connectivity index (χ3v) is 3.92. The number of hydrogen-bond acceptors (Lipinski definition) is 7.